The summed E-state index contributed by atoms with van der Waals surface area (Å²) >= 11 is 0. The number of carbonyl (C=O) groups is 1. The standard InChI is InChI=1S/C15H20N2O3.ClH/c1-9(2)20-15(18)12(7-16)13-8-17-14-5-4-10(19-3)6-11(13)14;/h4-6,8-9,12,17H,7,16H2,1-3H3;1H. The van der Waals surface area contributed by atoms with Crippen molar-refractivity contribution in [3.63, 3.8) is 0 Å². The van der Waals surface area contributed by atoms with Gasteiger partial charge in [-0.25, -0.2) is 0 Å². The highest BCUT2D eigenvalue weighted by atomic mass is 35.5. The third kappa shape index (κ3) is 3.68. The Morgan fingerprint density at radius 2 is 2.10 bits per heavy atom. The number of esters is 1. The van der Waals surface area contributed by atoms with Gasteiger partial charge in [0.05, 0.1) is 19.1 Å². The van der Waals surface area contributed by atoms with Crippen LogP contribution in [0.2, 0.25) is 0 Å². The van der Waals surface area contributed by atoms with Crippen LogP contribution in [0.15, 0.2) is 24.4 Å². The predicted molar refractivity (Wildman–Crippen MR) is 85.1 cm³/mol. The molecule has 1 aromatic carbocycles. The first-order chi connectivity index (χ1) is 9.56. The van der Waals surface area contributed by atoms with Gasteiger partial charge in [-0.2, -0.15) is 0 Å². The smallest absolute Gasteiger partial charge is 0.315 e. The van der Waals surface area contributed by atoms with Crippen LogP contribution in [0.5, 0.6) is 5.75 Å². The topological polar surface area (TPSA) is 77.3 Å². The number of hydrogen-bond acceptors (Lipinski definition) is 4. The average Bonchev–Trinajstić information content (AvgIpc) is 2.82. The van der Waals surface area contributed by atoms with E-state index in [1.54, 1.807) is 7.11 Å². The lowest BCUT2D eigenvalue weighted by Crippen LogP contribution is -2.25. The Kier molecular flexibility index (Phi) is 6.05. The summed E-state index contributed by atoms with van der Waals surface area (Å²) in [5, 5.41) is 0.931. The number of aromatic nitrogens is 1. The molecule has 1 atom stereocenters. The first kappa shape index (κ1) is 17.3. The van der Waals surface area contributed by atoms with E-state index in [-0.39, 0.29) is 31.0 Å². The maximum Gasteiger partial charge on any atom is 0.315 e. The number of methoxy groups -OCH3 is 1. The molecule has 0 aliphatic rings. The van der Waals surface area contributed by atoms with Gasteiger partial charge in [-0.15, -0.1) is 12.4 Å². The number of ether oxygens (including phenoxy) is 2. The number of rotatable bonds is 5. The zero-order valence-electron chi connectivity index (χ0n) is 12.4. The fourth-order valence-electron chi connectivity index (χ4n) is 2.20. The second-order valence-electron chi connectivity index (χ2n) is 4.93. The van der Waals surface area contributed by atoms with Crippen molar-refractivity contribution in [1.82, 2.24) is 4.98 Å². The van der Waals surface area contributed by atoms with E-state index in [0.29, 0.717) is 0 Å². The van der Waals surface area contributed by atoms with Crippen molar-refractivity contribution in [2.45, 2.75) is 25.9 Å². The van der Waals surface area contributed by atoms with Gasteiger partial charge >= 0.3 is 5.97 Å². The minimum absolute atomic E-state index is 0. The van der Waals surface area contributed by atoms with E-state index >= 15 is 0 Å². The number of H-pyrrole nitrogens is 1. The molecule has 1 unspecified atom stereocenters. The third-order valence-corrected chi connectivity index (χ3v) is 3.17. The quantitative estimate of drug-likeness (QED) is 0.832. The van der Waals surface area contributed by atoms with E-state index < -0.39 is 5.92 Å². The number of halogens is 1. The lowest BCUT2D eigenvalue weighted by molar-refractivity contribution is -0.148. The van der Waals surface area contributed by atoms with Gasteiger partial charge < -0.3 is 20.2 Å². The van der Waals surface area contributed by atoms with Crippen molar-refractivity contribution in [1.29, 1.82) is 0 Å². The zero-order chi connectivity index (χ0) is 14.7. The summed E-state index contributed by atoms with van der Waals surface area (Å²) in [7, 11) is 1.61. The van der Waals surface area contributed by atoms with Gasteiger partial charge in [0, 0.05) is 23.6 Å². The van der Waals surface area contributed by atoms with Gasteiger partial charge in [-0.3, -0.25) is 4.79 Å². The second-order valence-corrected chi connectivity index (χ2v) is 4.93. The minimum Gasteiger partial charge on any atom is -0.497 e. The molecule has 0 spiro atoms. The van der Waals surface area contributed by atoms with Crippen molar-refractivity contribution in [2.24, 2.45) is 5.73 Å². The molecule has 116 valence electrons. The second kappa shape index (κ2) is 7.33. The number of nitrogens with one attached hydrogen (secondary N) is 1. The van der Waals surface area contributed by atoms with Crippen molar-refractivity contribution < 1.29 is 14.3 Å². The van der Waals surface area contributed by atoms with Crippen LogP contribution in [0.1, 0.15) is 25.3 Å². The fourth-order valence-corrected chi connectivity index (χ4v) is 2.20. The first-order valence-electron chi connectivity index (χ1n) is 6.62. The molecule has 0 aliphatic carbocycles. The summed E-state index contributed by atoms with van der Waals surface area (Å²) < 4.78 is 10.5. The van der Waals surface area contributed by atoms with E-state index in [0.717, 1.165) is 22.2 Å². The predicted octanol–water partition coefficient (Wildman–Crippen LogP) is 2.59. The van der Waals surface area contributed by atoms with Gasteiger partial charge in [0.2, 0.25) is 0 Å². The molecule has 0 saturated heterocycles. The van der Waals surface area contributed by atoms with E-state index in [2.05, 4.69) is 4.98 Å². The Morgan fingerprint density at radius 1 is 1.38 bits per heavy atom. The van der Waals surface area contributed by atoms with Crippen molar-refractivity contribution in [3.8, 4) is 5.75 Å². The Bertz CT molecular complexity index is 610. The highest BCUT2D eigenvalue weighted by Crippen LogP contribution is 2.29. The Morgan fingerprint density at radius 3 is 2.67 bits per heavy atom. The highest BCUT2D eigenvalue weighted by molar-refractivity contribution is 5.91. The van der Waals surface area contributed by atoms with Crippen molar-refractivity contribution in [3.05, 3.63) is 30.0 Å². The molecule has 21 heavy (non-hydrogen) atoms. The lowest BCUT2D eigenvalue weighted by atomic mass is 9.98. The number of nitrogens with two attached hydrogens (primary N) is 1. The van der Waals surface area contributed by atoms with Gasteiger partial charge in [0.1, 0.15) is 5.75 Å². The number of fused-ring (bicyclic) bond motifs is 1. The number of aromatic amines is 1. The summed E-state index contributed by atoms with van der Waals surface area (Å²) in [4.78, 5) is 15.3. The van der Waals surface area contributed by atoms with Gasteiger partial charge in [0.15, 0.2) is 0 Å². The Balaban J connectivity index is 0.00000220. The Hall–Kier alpha value is -1.72. The largest absolute Gasteiger partial charge is 0.497 e. The van der Waals surface area contributed by atoms with Crippen LogP contribution in [0.4, 0.5) is 0 Å². The molecule has 0 amide bonds. The molecular weight excluding hydrogens is 292 g/mol. The maximum atomic E-state index is 12.1. The molecule has 0 saturated carbocycles. The van der Waals surface area contributed by atoms with Crippen LogP contribution in [0.3, 0.4) is 0 Å². The molecule has 2 aromatic rings. The van der Waals surface area contributed by atoms with Gasteiger partial charge in [-0.1, -0.05) is 0 Å². The van der Waals surface area contributed by atoms with Crippen LogP contribution >= 0.6 is 12.4 Å². The molecule has 0 fully saturated rings. The summed E-state index contributed by atoms with van der Waals surface area (Å²) in [6.45, 7) is 3.85. The maximum absolute atomic E-state index is 12.1. The summed E-state index contributed by atoms with van der Waals surface area (Å²) in [6, 6.07) is 5.68. The molecule has 0 bridgehead atoms. The summed E-state index contributed by atoms with van der Waals surface area (Å²) in [5.74, 6) is -0.0316. The summed E-state index contributed by atoms with van der Waals surface area (Å²) in [5.41, 5.74) is 7.54. The van der Waals surface area contributed by atoms with E-state index in [9.17, 15) is 4.79 Å². The van der Waals surface area contributed by atoms with Gasteiger partial charge in [0.25, 0.3) is 0 Å². The van der Waals surface area contributed by atoms with Crippen LogP contribution < -0.4 is 10.5 Å². The fraction of sp³-hybridized carbons (Fsp3) is 0.400. The summed E-state index contributed by atoms with van der Waals surface area (Å²) in [6.07, 6.45) is 1.65. The number of benzene rings is 1. The molecule has 1 heterocycles. The zero-order valence-corrected chi connectivity index (χ0v) is 13.2. The van der Waals surface area contributed by atoms with Crippen LogP contribution in [-0.4, -0.2) is 30.7 Å². The third-order valence-electron chi connectivity index (χ3n) is 3.17. The van der Waals surface area contributed by atoms with E-state index in [4.69, 9.17) is 15.2 Å². The minimum atomic E-state index is -0.474. The van der Waals surface area contributed by atoms with E-state index in [1.807, 2.05) is 38.2 Å². The van der Waals surface area contributed by atoms with Crippen LogP contribution in [-0.2, 0) is 9.53 Å². The molecule has 0 radical (unpaired) electrons. The highest BCUT2D eigenvalue weighted by Gasteiger charge is 2.24. The molecule has 5 nitrogen and oxygen atoms in total. The molecular formula is C15H21ClN2O3. The molecule has 3 N–H and O–H groups in total. The normalized spacial score (nSPS) is 12.0. The number of hydrogen-bond donors (Lipinski definition) is 2. The van der Waals surface area contributed by atoms with Gasteiger partial charge in [-0.05, 0) is 37.6 Å². The first-order valence-corrected chi connectivity index (χ1v) is 6.62. The van der Waals surface area contributed by atoms with Crippen LogP contribution in [0.25, 0.3) is 10.9 Å². The molecule has 0 aliphatic heterocycles. The molecule has 1 aromatic heterocycles. The number of carbonyl (C=O) groups excluding carboxylic acids is 1. The average molecular weight is 313 g/mol. The molecule has 2 rings (SSSR count). The van der Waals surface area contributed by atoms with E-state index in [1.165, 1.54) is 0 Å². The SMILES string of the molecule is COc1ccc2[nH]cc(C(CN)C(=O)OC(C)C)c2c1.Cl. The van der Waals surface area contributed by atoms with Crippen molar-refractivity contribution in [2.75, 3.05) is 13.7 Å². The lowest BCUT2D eigenvalue weighted by Gasteiger charge is -2.15. The monoisotopic (exact) mass is 312 g/mol. The Labute approximate surface area is 130 Å². The molecule has 6 heteroatoms. The van der Waals surface area contributed by atoms with Crippen LogP contribution in [0, 0.1) is 0 Å². The van der Waals surface area contributed by atoms with Crippen molar-refractivity contribution >= 4 is 29.3 Å².